The van der Waals surface area contributed by atoms with E-state index in [4.69, 9.17) is 11.6 Å². The fraction of sp³-hybridized carbons (Fsp3) is 0.250. The van der Waals surface area contributed by atoms with Crippen LogP contribution < -0.4 is 15.5 Å². The van der Waals surface area contributed by atoms with Gasteiger partial charge in [0.05, 0.1) is 22.6 Å². The van der Waals surface area contributed by atoms with E-state index in [-0.39, 0.29) is 6.03 Å². The number of rotatable bonds is 3. The van der Waals surface area contributed by atoms with Crippen molar-refractivity contribution >= 4 is 34.8 Å². The van der Waals surface area contributed by atoms with Gasteiger partial charge in [0.1, 0.15) is 5.82 Å². The fourth-order valence-corrected chi connectivity index (χ4v) is 2.62. The van der Waals surface area contributed by atoms with E-state index < -0.39 is 0 Å². The van der Waals surface area contributed by atoms with Gasteiger partial charge in [-0.3, -0.25) is 0 Å². The van der Waals surface area contributed by atoms with Gasteiger partial charge in [0.25, 0.3) is 0 Å². The van der Waals surface area contributed by atoms with E-state index in [0.29, 0.717) is 16.4 Å². The quantitative estimate of drug-likeness (QED) is 0.900. The van der Waals surface area contributed by atoms with Gasteiger partial charge < -0.3 is 15.5 Å². The molecule has 1 aromatic heterocycles. The van der Waals surface area contributed by atoms with Gasteiger partial charge >= 0.3 is 6.03 Å². The van der Waals surface area contributed by atoms with Gasteiger partial charge in [0.15, 0.2) is 0 Å². The molecule has 1 saturated heterocycles. The minimum absolute atomic E-state index is 0.344. The van der Waals surface area contributed by atoms with Crippen molar-refractivity contribution in [3.8, 4) is 0 Å². The monoisotopic (exact) mass is 316 g/mol. The number of para-hydroxylation sites is 1. The molecule has 1 aliphatic heterocycles. The van der Waals surface area contributed by atoms with E-state index in [1.54, 1.807) is 18.3 Å². The van der Waals surface area contributed by atoms with Crippen LogP contribution >= 0.6 is 11.6 Å². The van der Waals surface area contributed by atoms with Gasteiger partial charge in [-0.15, -0.1) is 0 Å². The van der Waals surface area contributed by atoms with E-state index in [0.717, 1.165) is 18.9 Å². The van der Waals surface area contributed by atoms with E-state index in [2.05, 4.69) is 20.5 Å². The lowest BCUT2D eigenvalue weighted by Crippen LogP contribution is -2.21. The molecule has 1 fully saturated rings. The first-order chi connectivity index (χ1) is 10.7. The summed E-state index contributed by atoms with van der Waals surface area (Å²) in [6.45, 7) is 2.10. The molecule has 1 aromatic carbocycles. The van der Waals surface area contributed by atoms with Crippen LogP contribution in [-0.4, -0.2) is 24.1 Å². The maximum atomic E-state index is 12.0. The maximum absolute atomic E-state index is 12.0. The van der Waals surface area contributed by atoms with Gasteiger partial charge in [-0.1, -0.05) is 23.7 Å². The van der Waals surface area contributed by atoms with Crippen molar-refractivity contribution in [1.29, 1.82) is 0 Å². The number of carbonyl (C=O) groups is 1. The van der Waals surface area contributed by atoms with Crippen LogP contribution in [-0.2, 0) is 0 Å². The molecule has 5 nitrogen and oxygen atoms in total. The Balaban J connectivity index is 1.60. The summed E-state index contributed by atoms with van der Waals surface area (Å²) in [5.41, 5.74) is 1.22. The Bertz CT molecular complexity index is 653. The number of aromatic nitrogens is 1. The second kappa shape index (κ2) is 6.66. The average Bonchev–Trinajstić information content (AvgIpc) is 3.05. The zero-order chi connectivity index (χ0) is 15.4. The average molecular weight is 317 g/mol. The summed E-state index contributed by atoms with van der Waals surface area (Å²) in [5.74, 6) is 0.953. The van der Waals surface area contributed by atoms with Crippen LogP contribution in [0.1, 0.15) is 12.8 Å². The van der Waals surface area contributed by atoms with Gasteiger partial charge in [0.2, 0.25) is 0 Å². The van der Waals surface area contributed by atoms with Crippen LogP contribution in [0.3, 0.4) is 0 Å². The predicted molar refractivity (Wildman–Crippen MR) is 89.8 cm³/mol. The lowest BCUT2D eigenvalue weighted by atomic mass is 10.3. The lowest BCUT2D eigenvalue weighted by molar-refractivity contribution is 0.262. The van der Waals surface area contributed by atoms with Crippen molar-refractivity contribution in [3.63, 3.8) is 0 Å². The Labute approximate surface area is 134 Å². The van der Waals surface area contributed by atoms with Crippen LogP contribution in [0.2, 0.25) is 5.02 Å². The van der Waals surface area contributed by atoms with Crippen molar-refractivity contribution in [2.24, 2.45) is 0 Å². The van der Waals surface area contributed by atoms with E-state index >= 15 is 0 Å². The largest absolute Gasteiger partial charge is 0.357 e. The first-order valence-electron chi connectivity index (χ1n) is 7.26. The summed E-state index contributed by atoms with van der Waals surface area (Å²) in [6, 6.07) is 10.5. The molecule has 0 saturated carbocycles. The lowest BCUT2D eigenvalue weighted by Gasteiger charge is -2.16. The second-order valence-electron chi connectivity index (χ2n) is 5.16. The van der Waals surface area contributed by atoms with Gasteiger partial charge in [0, 0.05) is 13.1 Å². The number of nitrogens with one attached hydrogen (secondary N) is 2. The van der Waals surface area contributed by atoms with Gasteiger partial charge in [-0.05, 0) is 37.1 Å². The molecule has 0 unspecified atom stereocenters. The van der Waals surface area contributed by atoms with Crippen LogP contribution in [0.4, 0.5) is 22.0 Å². The van der Waals surface area contributed by atoms with Crippen molar-refractivity contribution in [2.45, 2.75) is 12.8 Å². The van der Waals surface area contributed by atoms with E-state index in [9.17, 15) is 4.79 Å². The molecule has 22 heavy (non-hydrogen) atoms. The third kappa shape index (κ3) is 3.49. The number of hydrogen-bond donors (Lipinski definition) is 2. The molecule has 1 aliphatic rings. The number of carbonyl (C=O) groups excluding carboxylic acids is 1. The first kappa shape index (κ1) is 14.7. The van der Waals surface area contributed by atoms with Crippen molar-refractivity contribution in [2.75, 3.05) is 28.6 Å². The molecular weight excluding hydrogens is 300 g/mol. The van der Waals surface area contributed by atoms with Crippen LogP contribution in [0.15, 0.2) is 42.6 Å². The number of urea groups is 1. The smallest absolute Gasteiger partial charge is 0.323 e. The fourth-order valence-electron chi connectivity index (χ4n) is 2.44. The Morgan fingerprint density at radius 1 is 1.09 bits per heavy atom. The standard InChI is InChI=1S/C16H17ClN4O/c17-13-5-1-2-6-14(13)20-16(22)19-12-7-8-15(18-11-12)21-9-3-4-10-21/h1-2,5-8,11H,3-4,9-10H2,(H2,19,20,22). The molecule has 2 N–H and O–H groups in total. The third-order valence-corrected chi connectivity index (χ3v) is 3.89. The van der Waals surface area contributed by atoms with Gasteiger partial charge in [-0.2, -0.15) is 0 Å². The van der Waals surface area contributed by atoms with Crippen LogP contribution in [0.25, 0.3) is 0 Å². The summed E-state index contributed by atoms with van der Waals surface area (Å²) in [7, 11) is 0. The van der Waals surface area contributed by atoms with Crippen LogP contribution in [0.5, 0.6) is 0 Å². The number of halogens is 1. The molecule has 0 bridgehead atoms. The molecule has 3 rings (SSSR count). The molecule has 0 aliphatic carbocycles. The highest BCUT2D eigenvalue weighted by atomic mass is 35.5. The van der Waals surface area contributed by atoms with Gasteiger partial charge in [-0.25, -0.2) is 9.78 Å². The van der Waals surface area contributed by atoms with Crippen molar-refractivity contribution in [1.82, 2.24) is 4.98 Å². The molecule has 114 valence electrons. The van der Waals surface area contributed by atoms with E-state index in [1.807, 2.05) is 24.3 Å². The highest BCUT2D eigenvalue weighted by Gasteiger charge is 2.13. The SMILES string of the molecule is O=C(Nc1ccc(N2CCCC2)nc1)Nc1ccccc1Cl. The minimum Gasteiger partial charge on any atom is -0.357 e. The zero-order valence-corrected chi connectivity index (χ0v) is 12.8. The molecule has 2 aromatic rings. The summed E-state index contributed by atoms with van der Waals surface area (Å²) in [6.07, 6.45) is 4.09. The Kier molecular flexibility index (Phi) is 4.44. The van der Waals surface area contributed by atoms with Crippen LogP contribution in [0, 0.1) is 0 Å². The second-order valence-corrected chi connectivity index (χ2v) is 5.57. The molecule has 0 atom stereocenters. The topological polar surface area (TPSA) is 57.3 Å². The Morgan fingerprint density at radius 2 is 1.86 bits per heavy atom. The summed E-state index contributed by atoms with van der Waals surface area (Å²) >= 11 is 6.00. The number of benzene rings is 1. The molecule has 2 amide bonds. The highest BCUT2D eigenvalue weighted by molar-refractivity contribution is 6.33. The van der Waals surface area contributed by atoms with Crippen molar-refractivity contribution in [3.05, 3.63) is 47.6 Å². The Hall–Kier alpha value is -2.27. The summed E-state index contributed by atoms with van der Waals surface area (Å²) in [4.78, 5) is 18.6. The predicted octanol–water partition coefficient (Wildman–Crippen LogP) is 3.98. The number of nitrogens with zero attached hydrogens (tertiary/aromatic N) is 2. The highest BCUT2D eigenvalue weighted by Crippen LogP contribution is 2.21. The molecule has 2 heterocycles. The molecule has 0 radical (unpaired) electrons. The molecular formula is C16H17ClN4O. The summed E-state index contributed by atoms with van der Waals surface area (Å²) in [5, 5.41) is 5.95. The zero-order valence-electron chi connectivity index (χ0n) is 12.1. The number of hydrogen-bond acceptors (Lipinski definition) is 3. The van der Waals surface area contributed by atoms with Crippen molar-refractivity contribution < 1.29 is 4.79 Å². The molecule has 0 spiro atoms. The number of anilines is 3. The van der Waals surface area contributed by atoms with E-state index in [1.165, 1.54) is 12.8 Å². The normalized spacial score (nSPS) is 14.0. The summed E-state index contributed by atoms with van der Waals surface area (Å²) < 4.78 is 0. The maximum Gasteiger partial charge on any atom is 0.323 e. The first-order valence-corrected chi connectivity index (χ1v) is 7.64. The Morgan fingerprint density at radius 3 is 2.55 bits per heavy atom. The molecule has 6 heteroatoms. The third-order valence-electron chi connectivity index (χ3n) is 3.56. The number of amides is 2. The minimum atomic E-state index is -0.344. The number of pyridine rings is 1.